The summed E-state index contributed by atoms with van der Waals surface area (Å²) >= 11 is 7.39. The number of fused-ring (bicyclic) bond motifs is 1. The van der Waals surface area contributed by atoms with Gasteiger partial charge in [0, 0.05) is 42.4 Å². The molecule has 1 aliphatic heterocycles. The molecule has 2 aromatic carbocycles. The Bertz CT molecular complexity index is 1130. The number of aryl methyl sites for hydroxylation is 1. The lowest BCUT2D eigenvalue weighted by Crippen LogP contribution is -2.48. The molecule has 0 atom stereocenters. The SMILES string of the molecule is Cc1c(S(=O)(=O)N2CCN(CCc3ccc(F)cc3)CC2)sc2ccc(Cl)cc12.Cl. The number of hydrogen-bond donors (Lipinski definition) is 0. The number of halogens is 3. The van der Waals surface area contributed by atoms with Gasteiger partial charge in [-0.2, -0.15) is 4.31 Å². The molecular formula is C21H23Cl2FN2O2S2. The molecule has 162 valence electrons. The van der Waals surface area contributed by atoms with Crippen molar-refractivity contribution >= 4 is 55.5 Å². The zero-order valence-electron chi connectivity index (χ0n) is 16.5. The lowest BCUT2D eigenvalue weighted by Gasteiger charge is -2.33. The van der Waals surface area contributed by atoms with Crippen LogP contribution in [0.3, 0.4) is 0 Å². The van der Waals surface area contributed by atoms with Gasteiger partial charge in [-0.3, -0.25) is 0 Å². The Hall–Kier alpha value is -1.22. The molecule has 0 unspecified atom stereocenters. The van der Waals surface area contributed by atoms with Gasteiger partial charge < -0.3 is 4.90 Å². The second kappa shape index (κ2) is 9.51. The molecule has 2 heterocycles. The number of benzene rings is 2. The number of rotatable bonds is 5. The van der Waals surface area contributed by atoms with E-state index < -0.39 is 10.0 Å². The van der Waals surface area contributed by atoms with Gasteiger partial charge in [0.25, 0.3) is 10.0 Å². The lowest BCUT2D eigenvalue weighted by molar-refractivity contribution is 0.190. The third-order valence-electron chi connectivity index (χ3n) is 5.39. The molecule has 1 aromatic heterocycles. The maximum atomic E-state index is 13.2. The summed E-state index contributed by atoms with van der Waals surface area (Å²) in [6, 6.07) is 12.0. The van der Waals surface area contributed by atoms with E-state index in [1.165, 1.54) is 23.5 Å². The molecule has 1 fully saturated rings. The van der Waals surface area contributed by atoms with Crippen molar-refractivity contribution in [1.29, 1.82) is 0 Å². The topological polar surface area (TPSA) is 40.6 Å². The van der Waals surface area contributed by atoms with Gasteiger partial charge in [0.15, 0.2) is 0 Å². The minimum Gasteiger partial charge on any atom is -0.300 e. The first-order chi connectivity index (χ1) is 13.8. The first-order valence-corrected chi connectivity index (χ1v) is 12.1. The molecule has 1 saturated heterocycles. The van der Waals surface area contributed by atoms with Crippen LogP contribution in [0, 0.1) is 12.7 Å². The molecule has 30 heavy (non-hydrogen) atoms. The average Bonchev–Trinajstić information content (AvgIpc) is 3.05. The Morgan fingerprint density at radius 1 is 1.07 bits per heavy atom. The minimum absolute atomic E-state index is 0. The molecule has 9 heteroatoms. The molecule has 4 nitrogen and oxygen atoms in total. The van der Waals surface area contributed by atoms with Crippen LogP contribution >= 0.6 is 35.3 Å². The molecule has 1 aliphatic rings. The van der Waals surface area contributed by atoms with Crippen molar-refractivity contribution in [1.82, 2.24) is 9.21 Å². The van der Waals surface area contributed by atoms with Crippen molar-refractivity contribution < 1.29 is 12.8 Å². The van der Waals surface area contributed by atoms with Gasteiger partial charge in [0.2, 0.25) is 0 Å². The van der Waals surface area contributed by atoms with E-state index in [1.54, 1.807) is 22.5 Å². The Morgan fingerprint density at radius 3 is 2.40 bits per heavy atom. The molecule has 4 rings (SSSR count). The summed E-state index contributed by atoms with van der Waals surface area (Å²) in [4.78, 5) is 2.26. The maximum absolute atomic E-state index is 13.2. The predicted molar refractivity (Wildman–Crippen MR) is 124 cm³/mol. The van der Waals surface area contributed by atoms with E-state index in [9.17, 15) is 12.8 Å². The number of nitrogens with zero attached hydrogens (tertiary/aromatic N) is 2. The van der Waals surface area contributed by atoms with Gasteiger partial charge in [0.05, 0.1) is 0 Å². The Balaban J connectivity index is 0.00000256. The van der Waals surface area contributed by atoms with Crippen LogP contribution in [0.4, 0.5) is 4.39 Å². The summed E-state index contributed by atoms with van der Waals surface area (Å²) in [5.74, 6) is -0.230. The summed E-state index contributed by atoms with van der Waals surface area (Å²) < 4.78 is 42.4. The number of hydrogen-bond acceptors (Lipinski definition) is 4. The van der Waals surface area contributed by atoms with Crippen molar-refractivity contribution in [2.24, 2.45) is 0 Å². The van der Waals surface area contributed by atoms with E-state index in [2.05, 4.69) is 4.90 Å². The highest BCUT2D eigenvalue weighted by molar-refractivity contribution is 7.91. The molecule has 0 spiro atoms. The molecule has 0 radical (unpaired) electrons. The molecule has 3 aromatic rings. The highest BCUT2D eigenvalue weighted by atomic mass is 35.5. The number of piperazine rings is 1. The van der Waals surface area contributed by atoms with E-state index in [4.69, 9.17) is 11.6 Å². The summed E-state index contributed by atoms with van der Waals surface area (Å²) in [6.45, 7) is 5.01. The molecule has 0 saturated carbocycles. The van der Waals surface area contributed by atoms with Crippen LogP contribution in [0.1, 0.15) is 11.1 Å². The van der Waals surface area contributed by atoms with Gasteiger partial charge in [-0.05, 0) is 60.2 Å². The normalized spacial score (nSPS) is 16.0. The molecule has 0 N–H and O–H groups in total. The van der Waals surface area contributed by atoms with Gasteiger partial charge in [-0.15, -0.1) is 23.7 Å². The van der Waals surface area contributed by atoms with Crippen molar-refractivity contribution in [3.8, 4) is 0 Å². The van der Waals surface area contributed by atoms with E-state index in [1.807, 2.05) is 19.1 Å². The molecule has 0 bridgehead atoms. The van der Waals surface area contributed by atoms with Crippen LogP contribution in [0.2, 0.25) is 5.02 Å². The monoisotopic (exact) mass is 488 g/mol. The lowest BCUT2D eigenvalue weighted by atomic mass is 10.1. The molecule has 0 aliphatic carbocycles. The largest absolute Gasteiger partial charge is 0.300 e. The van der Waals surface area contributed by atoms with Gasteiger partial charge in [-0.25, -0.2) is 12.8 Å². The van der Waals surface area contributed by atoms with Crippen LogP contribution in [0.15, 0.2) is 46.7 Å². The van der Waals surface area contributed by atoms with Crippen LogP contribution in [-0.2, 0) is 16.4 Å². The quantitative estimate of drug-likeness (QED) is 0.508. The summed E-state index contributed by atoms with van der Waals surface area (Å²) in [5, 5.41) is 1.51. The Morgan fingerprint density at radius 2 is 1.73 bits per heavy atom. The van der Waals surface area contributed by atoms with E-state index in [0.717, 1.165) is 34.2 Å². The van der Waals surface area contributed by atoms with Gasteiger partial charge in [0.1, 0.15) is 10.0 Å². The average molecular weight is 489 g/mol. The first-order valence-electron chi connectivity index (χ1n) is 9.50. The van der Waals surface area contributed by atoms with Crippen LogP contribution in [-0.4, -0.2) is 50.3 Å². The standard InChI is InChI=1S/C21H22ClFN2O2S2.ClH/c1-15-19-14-17(22)4-7-20(19)28-21(15)29(26,27)25-12-10-24(11-13-25)9-8-16-2-5-18(23)6-3-16;/h2-7,14H,8-13H2,1H3;1H. The van der Waals surface area contributed by atoms with E-state index in [-0.39, 0.29) is 18.2 Å². The summed E-state index contributed by atoms with van der Waals surface area (Å²) in [5.41, 5.74) is 1.85. The number of sulfonamides is 1. The zero-order chi connectivity index (χ0) is 20.6. The fraction of sp³-hybridized carbons (Fsp3) is 0.333. The predicted octanol–water partition coefficient (Wildman–Crippen LogP) is 4.97. The van der Waals surface area contributed by atoms with Crippen LogP contribution in [0.5, 0.6) is 0 Å². The van der Waals surface area contributed by atoms with Crippen molar-refractivity contribution in [2.45, 2.75) is 17.6 Å². The number of thiophene rings is 1. The third-order valence-corrected chi connectivity index (χ3v) is 9.39. The van der Waals surface area contributed by atoms with Crippen molar-refractivity contribution in [2.75, 3.05) is 32.7 Å². The van der Waals surface area contributed by atoms with Gasteiger partial charge >= 0.3 is 0 Å². The maximum Gasteiger partial charge on any atom is 0.252 e. The fourth-order valence-electron chi connectivity index (χ4n) is 3.67. The smallest absolute Gasteiger partial charge is 0.252 e. The Labute approximate surface area is 191 Å². The van der Waals surface area contributed by atoms with Crippen molar-refractivity contribution in [3.63, 3.8) is 0 Å². The second-order valence-corrected chi connectivity index (χ2v) is 10.9. The minimum atomic E-state index is -3.52. The molecule has 0 amide bonds. The van der Waals surface area contributed by atoms with Crippen LogP contribution < -0.4 is 0 Å². The zero-order valence-corrected chi connectivity index (χ0v) is 19.7. The van der Waals surface area contributed by atoms with E-state index in [0.29, 0.717) is 35.4 Å². The third kappa shape index (κ3) is 4.82. The summed E-state index contributed by atoms with van der Waals surface area (Å²) in [6.07, 6.45) is 0.823. The van der Waals surface area contributed by atoms with Crippen LogP contribution in [0.25, 0.3) is 10.1 Å². The Kier molecular flexibility index (Phi) is 7.43. The second-order valence-electron chi connectivity index (χ2n) is 7.28. The highest BCUT2D eigenvalue weighted by Crippen LogP contribution is 2.37. The fourth-order valence-corrected chi connectivity index (χ4v) is 7.14. The molecular weight excluding hydrogens is 466 g/mol. The summed E-state index contributed by atoms with van der Waals surface area (Å²) in [7, 11) is -3.52. The van der Waals surface area contributed by atoms with Crippen molar-refractivity contribution in [3.05, 3.63) is 64.4 Å². The first kappa shape index (κ1) is 23.4. The van der Waals surface area contributed by atoms with E-state index >= 15 is 0 Å². The highest BCUT2D eigenvalue weighted by Gasteiger charge is 2.31. The van der Waals surface area contributed by atoms with Gasteiger partial charge in [-0.1, -0.05) is 23.7 Å².